The predicted molar refractivity (Wildman–Crippen MR) is 97.8 cm³/mol. The van der Waals surface area contributed by atoms with Gasteiger partial charge in [0.05, 0.1) is 13.7 Å². The van der Waals surface area contributed by atoms with Gasteiger partial charge in [-0.05, 0) is 54.1 Å². The molecule has 130 valence electrons. The largest absolute Gasteiger partial charge is 0.497 e. The zero-order chi connectivity index (χ0) is 17.8. The van der Waals surface area contributed by atoms with E-state index in [1.165, 1.54) is 0 Å². The second-order valence-corrected chi connectivity index (χ2v) is 6.81. The fourth-order valence-electron chi connectivity index (χ4n) is 3.20. The highest BCUT2D eigenvalue weighted by molar-refractivity contribution is 7.11. The number of rotatable bonds is 5. The van der Waals surface area contributed by atoms with Crippen molar-refractivity contribution in [1.82, 2.24) is 0 Å². The number of carbonyl (C=O) groups is 2. The van der Waals surface area contributed by atoms with Gasteiger partial charge in [-0.2, -0.15) is 0 Å². The summed E-state index contributed by atoms with van der Waals surface area (Å²) in [7, 11) is 1.60. The summed E-state index contributed by atoms with van der Waals surface area (Å²) in [5, 5.41) is 1.98. The Bertz CT molecular complexity index is 792. The lowest BCUT2D eigenvalue weighted by Crippen LogP contribution is -2.33. The predicted octanol–water partition coefficient (Wildman–Crippen LogP) is 4.08. The SMILES string of the molecule is CCOC(=O)C1C(=O)C=C(c2cccs2)CC1c1cccc(OC)c1. The van der Waals surface area contributed by atoms with Crippen LogP contribution in [0.3, 0.4) is 0 Å². The first-order chi connectivity index (χ1) is 12.1. The summed E-state index contributed by atoms with van der Waals surface area (Å²) < 4.78 is 10.5. The number of methoxy groups -OCH3 is 1. The standard InChI is InChI=1S/C20H20O4S/c1-3-24-20(22)19-16(13-6-4-7-15(10-13)23-2)11-14(12-17(19)21)18-8-5-9-25-18/h4-10,12,16,19H,3,11H2,1-2H3. The monoisotopic (exact) mass is 356 g/mol. The molecule has 1 heterocycles. The maximum atomic E-state index is 12.8. The van der Waals surface area contributed by atoms with Crippen molar-refractivity contribution in [3.63, 3.8) is 0 Å². The minimum Gasteiger partial charge on any atom is -0.497 e. The van der Waals surface area contributed by atoms with E-state index in [2.05, 4.69) is 0 Å². The van der Waals surface area contributed by atoms with E-state index >= 15 is 0 Å². The maximum absolute atomic E-state index is 12.8. The lowest BCUT2D eigenvalue weighted by Gasteiger charge is -2.29. The Kier molecular flexibility index (Phi) is 5.34. The summed E-state index contributed by atoms with van der Waals surface area (Å²) in [5.41, 5.74) is 1.88. The summed E-state index contributed by atoms with van der Waals surface area (Å²) in [6.45, 7) is 2.01. The molecule has 2 aromatic rings. The van der Waals surface area contributed by atoms with Crippen molar-refractivity contribution in [3.8, 4) is 5.75 Å². The van der Waals surface area contributed by atoms with Crippen LogP contribution in [0, 0.1) is 5.92 Å². The number of ether oxygens (including phenoxy) is 2. The summed E-state index contributed by atoms with van der Waals surface area (Å²) in [5.74, 6) is -1.01. The lowest BCUT2D eigenvalue weighted by atomic mass is 9.74. The molecule has 1 aromatic carbocycles. The smallest absolute Gasteiger partial charge is 0.317 e. The molecule has 1 aliphatic carbocycles. The second-order valence-electron chi connectivity index (χ2n) is 5.87. The van der Waals surface area contributed by atoms with E-state index in [1.54, 1.807) is 31.4 Å². The van der Waals surface area contributed by atoms with Gasteiger partial charge in [-0.25, -0.2) is 0 Å². The third-order valence-corrected chi connectivity index (χ3v) is 5.31. The van der Waals surface area contributed by atoms with E-state index in [-0.39, 0.29) is 18.3 Å². The highest BCUT2D eigenvalue weighted by Gasteiger charge is 2.40. The van der Waals surface area contributed by atoms with E-state index in [0.717, 1.165) is 16.0 Å². The van der Waals surface area contributed by atoms with Crippen LogP contribution >= 0.6 is 11.3 Å². The van der Waals surface area contributed by atoms with Crippen molar-refractivity contribution >= 4 is 28.7 Å². The molecule has 5 heteroatoms. The van der Waals surface area contributed by atoms with Crippen molar-refractivity contribution in [2.45, 2.75) is 19.3 Å². The summed E-state index contributed by atoms with van der Waals surface area (Å²) in [6, 6.07) is 11.5. The van der Waals surface area contributed by atoms with Gasteiger partial charge >= 0.3 is 5.97 Å². The van der Waals surface area contributed by atoms with Gasteiger partial charge in [-0.1, -0.05) is 18.2 Å². The number of thiophene rings is 1. The van der Waals surface area contributed by atoms with Crippen molar-refractivity contribution < 1.29 is 19.1 Å². The number of hydrogen-bond acceptors (Lipinski definition) is 5. The van der Waals surface area contributed by atoms with E-state index in [4.69, 9.17) is 9.47 Å². The zero-order valence-corrected chi connectivity index (χ0v) is 15.0. The average Bonchev–Trinajstić information content (AvgIpc) is 3.16. The van der Waals surface area contributed by atoms with E-state index < -0.39 is 11.9 Å². The number of benzene rings is 1. The van der Waals surface area contributed by atoms with Crippen LogP contribution < -0.4 is 4.74 Å². The van der Waals surface area contributed by atoms with Crippen LogP contribution in [0.5, 0.6) is 5.75 Å². The van der Waals surface area contributed by atoms with Gasteiger partial charge in [-0.3, -0.25) is 9.59 Å². The number of esters is 1. The lowest BCUT2D eigenvalue weighted by molar-refractivity contribution is -0.151. The van der Waals surface area contributed by atoms with E-state index in [0.29, 0.717) is 12.2 Å². The first kappa shape index (κ1) is 17.4. The fraction of sp³-hybridized carbons (Fsp3) is 0.300. The van der Waals surface area contributed by atoms with E-state index in [1.807, 2.05) is 41.8 Å². The van der Waals surface area contributed by atoms with Gasteiger partial charge in [0, 0.05) is 10.8 Å². The number of ketones is 1. The molecule has 0 aliphatic heterocycles. The van der Waals surface area contributed by atoms with Gasteiger partial charge in [0.2, 0.25) is 0 Å². The minimum absolute atomic E-state index is 0.194. The molecule has 2 atom stereocenters. The minimum atomic E-state index is -0.809. The molecule has 1 aromatic heterocycles. The summed E-state index contributed by atoms with van der Waals surface area (Å²) in [4.78, 5) is 26.2. The normalized spacial score (nSPS) is 20.1. The summed E-state index contributed by atoms with van der Waals surface area (Å²) in [6.07, 6.45) is 2.22. The van der Waals surface area contributed by atoms with Crippen molar-refractivity contribution in [2.75, 3.05) is 13.7 Å². The first-order valence-corrected chi connectivity index (χ1v) is 9.11. The number of hydrogen-bond donors (Lipinski definition) is 0. The van der Waals surface area contributed by atoms with Crippen molar-refractivity contribution in [2.24, 2.45) is 5.92 Å². The van der Waals surface area contributed by atoms with Crippen LogP contribution in [0.1, 0.15) is 29.7 Å². The molecule has 0 saturated carbocycles. The maximum Gasteiger partial charge on any atom is 0.317 e. The quantitative estimate of drug-likeness (QED) is 0.598. The van der Waals surface area contributed by atoms with Gasteiger partial charge < -0.3 is 9.47 Å². The van der Waals surface area contributed by atoms with Gasteiger partial charge in [0.1, 0.15) is 11.7 Å². The van der Waals surface area contributed by atoms with Crippen LogP contribution in [0.4, 0.5) is 0 Å². The Morgan fingerprint density at radius 1 is 1.28 bits per heavy atom. The van der Waals surface area contributed by atoms with E-state index in [9.17, 15) is 9.59 Å². The molecule has 0 amide bonds. The third kappa shape index (κ3) is 3.66. The molecule has 4 nitrogen and oxygen atoms in total. The molecule has 3 rings (SSSR count). The molecule has 0 bridgehead atoms. The highest BCUT2D eigenvalue weighted by Crippen LogP contribution is 2.41. The Hall–Kier alpha value is -2.40. The molecule has 2 unspecified atom stereocenters. The molecule has 0 spiro atoms. The molecular weight excluding hydrogens is 336 g/mol. The Labute approximate surface area is 151 Å². The van der Waals surface area contributed by atoms with Crippen molar-refractivity contribution in [3.05, 3.63) is 58.3 Å². The Morgan fingerprint density at radius 3 is 2.80 bits per heavy atom. The van der Waals surface area contributed by atoms with Gasteiger partial charge in [-0.15, -0.1) is 11.3 Å². The third-order valence-electron chi connectivity index (χ3n) is 4.37. The molecule has 0 N–H and O–H groups in total. The highest BCUT2D eigenvalue weighted by atomic mass is 32.1. The Balaban J connectivity index is 2.02. The molecule has 1 aliphatic rings. The van der Waals surface area contributed by atoms with Gasteiger partial charge in [0.15, 0.2) is 5.78 Å². The van der Waals surface area contributed by atoms with Crippen molar-refractivity contribution in [1.29, 1.82) is 0 Å². The molecule has 25 heavy (non-hydrogen) atoms. The topological polar surface area (TPSA) is 52.6 Å². The number of allylic oxidation sites excluding steroid dienone is 2. The van der Waals surface area contributed by atoms with Crippen LogP contribution in [0.15, 0.2) is 47.9 Å². The molecule has 0 radical (unpaired) electrons. The van der Waals surface area contributed by atoms with Crippen LogP contribution in [0.25, 0.3) is 5.57 Å². The molecular formula is C20H20O4S. The van der Waals surface area contributed by atoms with Gasteiger partial charge in [0.25, 0.3) is 0 Å². The van der Waals surface area contributed by atoms with Crippen LogP contribution in [-0.2, 0) is 14.3 Å². The summed E-state index contributed by atoms with van der Waals surface area (Å²) >= 11 is 1.59. The molecule has 0 fully saturated rings. The Morgan fingerprint density at radius 2 is 2.12 bits per heavy atom. The second kappa shape index (κ2) is 7.66. The molecule has 0 saturated heterocycles. The number of carbonyl (C=O) groups excluding carboxylic acids is 2. The fourth-order valence-corrected chi connectivity index (χ4v) is 3.96. The zero-order valence-electron chi connectivity index (χ0n) is 14.2. The van der Waals surface area contributed by atoms with Crippen LogP contribution in [0.2, 0.25) is 0 Å². The van der Waals surface area contributed by atoms with Crippen LogP contribution in [-0.4, -0.2) is 25.5 Å². The average molecular weight is 356 g/mol. The first-order valence-electron chi connectivity index (χ1n) is 8.23.